The maximum Gasteiger partial charge on any atom is 0.253 e. The highest BCUT2D eigenvalue weighted by Gasteiger charge is 2.19. The summed E-state index contributed by atoms with van der Waals surface area (Å²) >= 11 is 1.86. The van der Waals surface area contributed by atoms with Crippen LogP contribution in [0.4, 0.5) is 5.69 Å². The predicted molar refractivity (Wildman–Crippen MR) is 114 cm³/mol. The molecule has 0 bridgehead atoms. The van der Waals surface area contributed by atoms with Crippen LogP contribution in [0.1, 0.15) is 28.4 Å². The van der Waals surface area contributed by atoms with E-state index in [1.54, 1.807) is 24.3 Å². The van der Waals surface area contributed by atoms with Crippen molar-refractivity contribution in [3.8, 4) is 0 Å². The third kappa shape index (κ3) is 5.99. The molecule has 1 saturated heterocycles. The van der Waals surface area contributed by atoms with E-state index < -0.39 is 0 Å². The van der Waals surface area contributed by atoms with Crippen LogP contribution in [0.5, 0.6) is 0 Å². The van der Waals surface area contributed by atoms with E-state index in [0.29, 0.717) is 11.3 Å². The molecule has 27 heavy (non-hydrogen) atoms. The smallest absolute Gasteiger partial charge is 0.253 e. The van der Waals surface area contributed by atoms with Crippen molar-refractivity contribution in [1.29, 1.82) is 0 Å². The van der Waals surface area contributed by atoms with Crippen LogP contribution in [0.15, 0.2) is 54.6 Å². The molecular formula is C20H24ClN3O2S. The second-order valence-electron chi connectivity index (χ2n) is 6.25. The highest BCUT2D eigenvalue weighted by Crippen LogP contribution is 2.18. The Labute approximate surface area is 170 Å². The molecule has 1 atom stereocenters. The zero-order valence-electron chi connectivity index (χ0n) is 15.0. The lowest BCUT2D eigenvalue weighted by molar-refractivity contribution is -0.116. The van der Waals surface area contributed by atoms with Gasteiger partial charge in [-0.1, -0.05) is 36.4 Å². The van der Waals surface area contributed by atoms with Crippen LogP contribution < -0.4 is 11.1 Å². The SMILES string of the molecule is Cl.NC(CC(=O)Nc1cccc(C(=O)N2CCSCC2)c1)c1ccccc1. The standard InChI is InChI=1S/C20H23N3O2S.ClH/c21-18(15-5-2-1-3-6-15)14-19(24)22-17-8-4-7-16(13-17)20(25)23-9-11-26-12-10-23;/h1-8,13,18H,9-12,14,21H2,(H,22,24);1H. The van der Waals surface area contributed by atoms with Gasteiger partial charge in [0.15, 0.2) is 0 Å². The van der Waals surface area contributed by atoms with Crippen LogP contribution in [0.2, 0.25) is 0 Å². The van der Waals surface area contributed by atoms with Gasteiger partial charge in [-0.05, 0) is 23.8 Å². The Hall–Kier alpha value is -2.02. The summed E-state index contributed by atoms with van der Waals surface area (Å²) in [5, 5.41) is 2.85. The fourth-order valence-electron chi connectivity index (χ4n) is 2.91. The van der Waals surface area contributed by atoms with Crippen molar-refractivity contribution in [2.45, 2.75) is 12.5 Å². The summed E-state index contributed by atoms with van der Waals surface area (Å²) in [6.45, 7) is 1.54. The van der Waals surface area contributed by atoms with Gasteiger partial charge >= 0.3 is 0 Å². The van der Waals surface area contributed by atoms with E-state index in [-0.39, 0.29) is 36.7 Å². The van der Waals surface area contributed by atoms with Gasteiger partial charge in [-0.25, -0.2) is 0 Å². The number of nitrogens with one attached hydrogen (secondary N) is 1. The van der Waals surface area contributed by atoms with E-state index in [0.717, 1.165) is 30.2 Å². The molecule has 1 fully saturated rings. The van der Waals surface area contributed by atoms with E-state index >= 15 is 0 Å². The Morgan fingerprint density at radius 2 is 1.78 bits per heavy atom. The zero-order chi connectivity index (χ0) is 18.4. The van der Waals surface area contributed by atoms with Crippen molar-refractivity contribution < 1.29 is 9.59 Å². The van der Waals surface area contributed by atoms with Gasteiger partial charge in [0, 0.05) is 48.3 Å². The lowest BCUT2D eigenvalue weighted by Gasteiger charge is -2.26. The zero-order valence-corrected chi connectivity index (χ0v) is 16.6. The Balaban J connectivity index is 0.00000261. The van der Waals surface area contributed by atoms with Crippen molar-refractivity contribution in [2.75, 3.05) is 29.9 Å². The second kappa shape index (κ2) is 10.3. The molecular weight excluding hydrogens is 382 g/mol. The number of hydrogen-bond donors (Lipinski definition) is 2. The number of amides is 2. The minimum Gasteiger partial charge on any atom is -0.337 e. The first-order valence-corrected chi connectivity index (χ1v) is 9.86. The normalized spacial score (nSPS) is 14.8. The maximum atomic E-state index is 12.6. The van der Waals surface area contributed by atoms with Gasteiger partial charge in [0.05, 0.1) is 0 Å². The molecule has 2 aromatic carbocycles. The Morgan fingerprint density at radius 1 is 1.07 bits per heavy atom. The topological polar surface area (TPSA) is 75.4 Å². The number of anilines is 1. The molecule has 5 nitrogen and oxygen atoms in total. The third-order valence-electron chi connectivity index (χ3n) is 4.32. The molecule has 2 aromatic rings. The lowest BCUT2D eigenvalue weighted by atomic mass is 10.0. The van der Waals surface area contributed by atoms with Crippen molar-refractivity contribution in [1.82, 2.24) is 4.90 Å². The number of halogens is 1. The minimum absolute atomic E-state index is 0. The van der Waals surface area contributed by atoms with Crippen LogP contribution in [0.3, 0.4) is 0 Å². The number of rotatable bonds is 5. The number of nitrogens with zero attached hydrogens (tertiary/aromatic N) is 1. The van der Waals surface area contributed by atoms with Gasteiger partial charge in [-0.2, -0.15) is 11.8 Å². The number of benzene rings is 2. The monoisotopic (exact) mass is 405 g/mol. The highest BCUT2D eigenvalue weighted by atomic mass is 35.5. The van der Waals surface area contributed by atoms with E-state index in [9.17, 15) is 9.59 Å². The molecule has 1 aliphatic rings. The van der Waals surface area contributed by atoms with Crippen molar-refractivity contribution in [3.63, 3.8) is 0 Å². The van der Waals surface area contributed by atoms with Gasteiger partial charge in [-0.15, -0.1) is 12.4 Å². The molecule has 2 amide bonds. The first-order valence-electron chi connectivity index (χ1n) is 8.71. The fourth-order valence-corrected chi connectivity index (χ4v) is 3.81. The van der Waals surface area contributed by atoms with E-state index in [2.05, 4.69) is 5.32 Å². The average Bonchev–Trinajstić information content (AvgIpc) is 2.69. The number of carbonyl (C=O) groups excluding carboxylic acids is 2. The van der Waals surface area contributed by atoms with E-state index in [1.807, 2.05) is 47.0 Å². The molecule has 0 spiro atoms. The summed E-state index contributed by atoms with van der Waals surface area (Å²) in [5.74, 6) is 1.79. The molecule has 0 aliphatic carbocycles. The molecule has 7 heteroatoms. The molecule has 144 valence electrons. The molecule has 1 heterocycles. The van der Waals surface area contributed by atoms with Gasteiger partial charge in [-0.3, -0.25) is 9.59 Å². The van der Waals surface area contributed by atoms with Crippen molar-refractivity contribution in [3.05, 3.63) is 65.7 Å². The number of thioether (sulfide) groups is 1. The Bertz CT molecular complexity index is 767. The number of hydrogen-bond acceptors (Lipinski definition) is 4. The van der Waals surface area contributed by atoms with Gasteiger partial charge in [0.2, 0.25) is 5.91 Å². The van der Waals surface area contributed by atoms with Crippen molar-refractivity contribution >= 4 is 41.7 Å². The Morgan fingerprint density at radius 3 is 2.48 bits per heavy atom. The predicted octanol–water partition coefficient (Wildman–Crippen LogP) is 3.33. The molecule has 0 aromatic heterocycles. The van der Waals surface area contributed by atoms with Crippen LogP contribution >= 0.6 is 24.2 Å². The highest BCUT2D eigenvalue weighted by molar-refractivity contribution is 7.99. The second-order valence-corrected chi connectivity index (χ2v) is 7.48. The van der Waals surface area contributed by atoms with Gasteiger partial charge < -0.3 is 16.0 Å². The summed E-state index contributed by atoms with van der Waals surface area (Å²) in [7, 11) is 0. The summed E-state index contributed by atoms with van der Waals surface area (Å²) < 4.78 is 0. The van der Waals surface area contributed by atoms with E-state index in [1.165, 1.54) is 0 Å². The minimum atomic E-state index is -0.355. The molecule has 3 N–H and O–H groups in total. The molecule has 0 saturated carbocycles. The lowest BCUT2D eigenvalue weighted by Crippen LogP contribution is -2.37. The first kappa shape index (κ1) is 21.3. The van der Waals surface area contributed by atoms with Crippen molar-refractivity contribution in [2.24, 2.45) is 5.73 Å². The van der Waals surface area contributed by atoms with Crippen LogP contribution in [-0.4, -0.2) is 41.3 Å². The van der Waals surface area contributed by atoms with Crippen LogP contribution in [0.25, 0.3) is 0 Å². The molecule has 1 unspecified atom stereocenters. The number of carbonyl (C=O) groups is 2. The van der Waals surface area contributed by atoms with E-state index in [4.69, 9.17) is 5.73 Å². The van der Waals surface area contributed by atoms with Crippen LogP contribution in [-0.2, 0) is 4.79 Å². The molecule has 3 rings (SSSR count). The van der Waals surface area contributed by atoms with Gasteiger partial charge in [0.25, 0.3) is 5.91 Å². The largest absolute Gasteiger partial charge is 0.337 e. The molecule has 0 radical (unpaired) electrons. The maximum absolute atomic E-state index is 12.6. The van der Waals surface area contributed by atoms with Gasteiger partial charge in [0.1, 0.15) is 0 Å². The summed E-state index contributed by atoms with van der Waals surface area (Å²) in [6, 6.07) is 16.3. The third-order valence-corrected chi connectivity index (χ3v) is 5.27. The summed E-state index contributed by atoms with van der Waals surface area (Å²) in [5.41, 5.74) is 8.24. The summed E-state index contributed by atoms with van der Waals surface area (Å²) in [6.07, 6.45) is 0.186. The average molecular weight is 406 g/mol. The first-order chi connectivity index (χ1) is 12.6. The number of nitrogens with two attached hydrogens (primary N) is 1. The summed E-state index contributed by atoms with van der Waals surface area (Å²) in [4.78, 5) is 26.7. The van der Waals surface area contributed by atoms with Crippen LogP contribution in [0, 0.1) is 0 Å². The fraction of sp³-hybridized carbons (Fsp3) is 0.300. The Kier molecular flexibility index (Phi) is 8.16. The quantitative estimate of drug-likeness (QED) is 0.800. The molecule has 1 aliphatic heterocycles.